The predicted octanol–water partition coefficient (Wildman–Crippen LogP) is 3.29. The van der Waals surface area contributed by atoms with Crippen molar-refractivity contribution < 1.29 is 5.11 Å². The van der Waals surface area contributed by atoms with Gasteiger partial charge in [-0.1, -0.05) is 26.7 Å². The molecule has 2 heteroatoms. The number of nitrogens with zero attached hydrogens (tertiary/aromatic N) is 1. The summed E-state index contributed by atoms with van der Waals surface area (Å²) in [7, 11) is 2.20. The van der Waals surface area contributed by atoms with E-state index in [9.17, 15) is 5.11 Å². The van der Waals surface area contributed by atoms with E-state index in [-0.39, 0.29) is 6.10 Å². The predicted molar refractivity (Wildman–Crippen MR) is 74.1 cm³/mol. The molecule has 0 aliphatic heterocycles. The van der Waals surface area contributed by atoms with Crippen LogP contribution >= 0.6 is 0 Å². The summed E-state index contributed by atoms with van der Waals surface area (Å²) >= 11 is 0. The van der Waals surface area contributed by atoms with Gasteiger partial charge in [-0.05, 0) is 51.5 Å². The van der Waals surface area contributed by atoms with E-state index in [1.54, 1.807) is 0 Å². The topological polar surface area (TPSA) is 23.5 Å². The molecule has 0 aromatic rings. The second-order valence-electron chi connectivity index (χ2n) is 5.99. The van der Waals surface area contributed by atoms with E-state index in [2.05, 4.69) is 32.7 Å². The first kappa shape index (κ1) is 15.0. The molecule has 102 valence electrons. The van der Waals surface area contributed by atoms with Crippen LogP contribution in [0.25, 0.3) is 0 Å². The van der Waals surface area contributed by atoms with Gasteiger partial charge in [-0.15, -0.1) is 0 Å². The third-order valence-electron chi connectivity index (χ3n) is 4.61. The Morgan fingerprint density at radius 3 is 2.59 bits per heavy atom. The Kier molecular flexibility index (Phi) is 6.50. The standard InChI is InChI=1S/C15H31NO/c1-5-7-13-8-9-15(17)14(10-13)11-16(4)12(3)6-2/h12-15,17H,5-11H2,1-4H3. The lowest BCUT2D eigenvalue weighted by molar-refractivity contribution is 0.0241. The van der Waals surface area contributed by atoms with Gasteiger partial charge >= 0.3 is 0 Å². The van der Waals surface area contributed by atoms with Crippen LogP contribution in [0.15, 0.2) is 0 Å². The van der Waals surface area contributed by atoms with Crippen molar-refractivity contribution >= 4 is 0 Å². The Hall–Kier alpha value is -0.0800. The minimum atomic E-state index is -0.0605. The lowest BCUT2D eigenvalue weighted by Gasteiger charge is -2.37. The van der Waals surface area contributed by atoms with Crippen LogP contribution in [-0.2, 0) is 0 Å². The summed E-state index contributed by atoms with van der Waals surface area (Å²) < 4.78 is 0. The monoisotopic (exact) mass is 241 g/mol. The Morgan fingerprint density at radius 2 is 2.00 bits per heavy atom. The summed E-state index contributed by atoms with van der Waals surface area (Å²) in [5.41, 5.74) is 0. The molecule has 0 aromatic heterocycles. The summed E-state index contributed by atoms with van der Waals surface area (Å²) in [4.78, 5) is 2.42. The first-order chi connectivity index (χ1) is 8.08. The first-order valence-corrected chi connectivity index (χ1v) is 7.46. The number of aliphatic hydroxyl groups excluding tert-OH is 1. The molecule has 0 amide bonds. The van der Waals surface area contributed by atoms with Crippen LogP contribution < -0.4 is 0 Å². The van der Waals surface area contributed by atoms with Crippen molar-refractivity contribution in [2.24, 2.45) is 11.8 Å². The SMILES string of the molecule is CCCC1CCC(O)C(CN(C)C(C)CC)C1. The third-order valence-corrected chi connectivity index (χ3v) is 4.61. The van der Waals surface area contributed by atoms with Gasteiger partial charge < -0.3 is 10.0 Å². The highest BCUT2D eigenvalue weighted by molar-refractivity contribution is 4.82. The molecule has 17 heavy (non-hydrogen) atoms. The van der Waals surface area contributed by atoms with Crippen molar-refractivity contribution in [2.45, 2.75) is 71.4 Å². The molecule has 0 radical (unpaired) electrons. The normalized spacial score (nSPS) is 31.8. The smallest absolute Gasteiger partial charge is 0.0580 e. The number of aliphatic hydroxyl groups is 1. The third kappa shape index (κ3) is 4.59. The van der Waals surface area contributed by atoms with E-state index in [1.165, 1.54) is 32.1 Å². The second kappa shape index (κ2) is 7.38. The molecular formula is C15H31NO. The van der Waals surface area contributed by atoms with Crippen LogP contribution in [0.1, 0.15) is 59.3 Å². The van der Waals surface area contributed by atoms with Crippen molar-refractivity contribution in [3.8, 4) is 0 Å². The van der Waals surface area contributed by atoms with Crippen LogP contribution in [0.2, 0.25) is 0 Å². The minimum absolute atomic E-state index is 0.0605. The van der Waals surface area contributed by atoms with Gasteiger partial charge in [0.1, 0.15) is 0 Å². The van der Waals surface area contributed by atoms with Crippen LogP contribution in [-0.4, -0.2) is 35.7 Å². The number of rotatable bonds is 6. The second-order valence-corrected chi connectivity index (χ2v) is 5.99. The van der Waals surface area contributed by atoms with Crippen molar-refractivity contribution in [3.63, 3.8) is 0 Å². The van der Waals surface area contributed by atoms with Crippen molar-refractivity contribution in [3.05, 3.63) is 0 Å². The summed E-state index contributed by atoms with van der Waals surface area (Å²) in [6.45, 7) is 7.85. The molecule has 0 saturated heterocycles. The Bertz CT molecular complexity index is 207. The summed E-state index contributed by atoms with van der Waals surface area (Å²) in [5, 5.41) is 10.1. The van der Waals surface area contributed by atoms with Gasteiger partial charge in [0.2, 0.25) is 0 Å². The molecule has 1 aliphatic carbocycles. The maximum atomic E-state index is 10.1. The summed E-state index contributed by atoms with van der Waals surface area (Å²) in [5.74, 6) is 1.36. The molecular weight excluding hydrogens is 210 g/mol. The fourth-order valence-corrected chi connectivity index (χ4v) is 3.07. The van der Waals surface area contributed by atoms with Crippen molar-refractivity contribution in [2.75, 3.05) is 13.6 Å². The average Bonchev–Trinajstić information content (AvgIpc) is 2.32. The summed E-state index contributed by atoms with van der Waals surface area (Å²) in [6, 6.07) is 0.633. The van der Waals surface area contributed by atoms with Gasteiger partial charge in [-0.3, -0.25) is 0 Å². The highest BCUT2D eigenvalue weighted by Crippen LogP contribution is 2.32. The van der Waals surface area contributed by atoms with E-state index in [0.29, 0.717) is 12.0 Å². The molecule has 0 aromatic carbocycles. The molecule has 1 saturated carbocycles. The maximum Gasteiger partial charge on any atom is 0.0580 e. The zero-order valence-corrected chi connectivity index (χ0v) is 12.2. The first-order valence-electron chi connectivity index (χ1n) is 7.46. The molecule has 1 fully saturated rings. The summed E-state index contributed by atoms with van der Waals surface area (Å²) in [6.07, 6.45) is 7.25. The molecule has 1 rings (SSSR count). The molecule has 0 spiro atoms. The van der Waals surface area contributed by atoms with Crippen molar-refractivity contribution in [1.29, 1.82) is 0 Å². The minimum Gasteiger partial charge on any atom is -0.393 e. The van der Waals surface area contributed by atoms with Gasteiger partial charge in [0.25, 0.3) is 0 Å². The molecule has 1 aliphatic rings. The van der Waals surface area contributed by atoms with Gasteiger partial charge in [0, 0.05) is 12.6 Å². The Balaban J connectivity index is 2.43. The van der Waals surface area contributed by atoms with E-state index in [1.807, 2.05) is 0 Å². The number of hydrogen-bond donors (Lipinski definition) is 1. The Labute approximate surface area is 107 Å². The fourth-order valence-electron chi connectivity index (χ4n) is 3.07. The lowest BCUT2D eigenvalue weighted by Crippen LogP contribution is -2.40. The van der Waals surface area contributed by atoms with Gasteiger partial charge in [-0.25, -0.2) is 0 Å². The zero-order valence-electron chi connectivity index (χ0n) is 12.2. The van der Waals surface area contributed by atoms with E-state index < -0.39 is 0 Å². The maximum absolute atomic E-state index is 10.1. The van der Waals surface area contributed by atoms with Gasteiger partial charge in [0.05, 0.1) is 6.10 Å². The highest BCUT2D eigenvalue weighted by Gasteiger charge is 2.29. The van der Waals surface area contributed by atoms with Gasteiger partial charge in [0.15, 0.2) is 0 Å². The van der Waals surface area contributed by atoms with E-state index in [4.69, 9.17) is 0 Å². The van der Waals surface area contributed by atoms with Crippen LogP contribution in [0, 0.1) is 11.8 Å². The molecule has 0 bridgehead atoms. The zero-order chi connectivity index (χ0) is 12.8. The van der Waals surface area contributed by atoms with Gasteiger partial charge in [-0.2, -0.15) is 0 Å². The highest BCUT2D eigenvalue weighted by atomic mass is 16.3. The van der Waals surface area contributed by atoms with E-state index in [0.717, 1.165) is 18.9 Å². The lowest BCUT2D eigenvalue weighted by atomic mass is 9.77. The van der Waals surface area contributed by atoms with E-state index >= 15 is 0 Å². The molecule has 0 heterocycles. The Morgan fingerprint density at radius 1 is 1.29 bits per heavy atom. The van der Waals surface area contributed by atoms with Crippen molar-refractivity contribution in [1.82, 2.24) is 4.90 Å². The van der Waals surface area contributed by atoms with Crippen LogP contribution in [0.5, 0.6) is 0 Å². The molecule has 4 atom stereocenters. The number of hydrogen-bond acceptors (Lipinski definition) is 2. The molecule has 2 nitrogen and oxygen atoms in total. The largest absolute Gasteiger partial charge is 0.393 e. The molecule has 1 N–H and O–H groups in total. The molecule has 4 unspecified atom stereocenters. The average molecular weight is 241 g/mol. The van der Waals surface area contributed by atoms with Crippen LogP contribution in [0.4, 0.5) is 0 Å². The van der Waals surface area contributed by atoms with Crippen LogP contribution in [0.3, 0.4) is 0 Å². The quantitative estimate of drug-likeness (QED) is 0.771. The fraction of sp³-hybridized carbons (Fsp3) is 1.00.